The topological polar surface area (TPSA) is 65.1 Å². The number of ether oxygens (including phenoxy) is 1. The van der Waals surface area contributed by atoms with Gasteiger partial charge in [0.05, 0.1) is 28.0 Å². The molecule has 2 atom stereocenters. The molecule has 1 aliphatic heterocycles. The van der Waals surface area contributed by atoms with Gasteiger partial charge in [0.25, 0.3) is 0 Å². The van der Waals surface area contributed by atoms with Crippen molar-refractivity contribution in [3.05, 3.63) is 16.4 Å². The molecule has 0 bridgehead atoms. The Labute approximate surface area is 116 Å². The highest BCUT2D eigenvalue weighted by Gasteiger charge is 2.41. The van der Waals surface area contributed by atoms with Crippen LogP contribution in [0.3, 0.4) is 0 Å². The number of halogens is 1. The maximum atomic E-state index is 5.90. The maximum absolute atomic E-state index is 5.90. The average Bonchev–Trinajstić information content (AvgIpc) is 2.92. The first kappa shape index (κ1) is 14.0. The molecule has 0 radical (unpaired) electrons. The van der Waals surface area contributed by atoms with Crippen molar-refractivity contribution in [1.82, 2.24) is 15.2 Å². The van der Waals surface area contributed by atoms with E-state index >= 15 is 0 Å². The van der Waals surface area contributed by atoms with Crippen LogP contribution in [0.15, 0.2) is 10.7 Å². The number of hydrogen-bond donors (Lipinski definition) is 2. The summed E-state index contributed by atoms with van der Waals surface area (Å²) in [6.45, 7) is 5.93. The largest absolute Gasteiger partial charge is 0.373 e. The zero-order chi connectivity index (χ0) is 13.2. The van der Waals surface area contributed by atoms with E-state index in [1.165, 1.54) is 0 Å². The first-order chi connectivity index (χ1) is 8.62. The Balaban J connectivity index is 2.34. The van der Waals surface area contributed by atoms with Crippen molar-refractivity contribution in [2.75, 3.05) is 6.61 Å². The summed E-state index contributed by atoms with van der Waals surface area (Å²) in [6.07, 6.45) is 4.95. The lowest BCUT2D eigenvalue weighted by Gasteiger charge is -2.33. The Morgan fingerprint density at radius 1 is 1.72 bits per heavy atom. The third kappa shape index (κ3) is 2.47. The number of hydrogen-bond acceptors (Lipinski definition) is 4. The van der Waals surface area contributed by atoms with Gasteiger partial charge >= 0.3 is 0 Å². The molecule has 1 aliphatic rings. The van der Waals surface area contributed by atoms with Gasteiger partial charge < -0.3 is 4.74 Å². The first-order valence-electron chi connectivity index (χ1n) is 6.43. The van der Waals surface area contributed by atoms with Gasteiger partial charge in [-0.15, -0.1) is 0 Å². The molecule has 2 unspecified atom stereocenters. The molecular formula is C12H21BrN4O. The van der Waals surface area contributed by atoms with E-state index in [0.29, 0.717) is 0 Å². The summed E-state index contributed by atoms with van der Waals surface area (Å²) in [4.78, 5) is 0. The summed E-state index contributed by atoms with van der Waals surface area (Å²) in [5, 5.41) is 4.40. The fourth-order valence-electron chi connectivity index (χ4n) is 2.62. The zero-order valence-electron chi connectivity index (χ0n) is 10.9. The molecule has 0 saturated carbocycles. The van der Waals surface area contributed by atoms with Crippen molar-refractivity contribution < 1.29 is 4.74 Å². The molecule has 102 valence electrons. The quantitative estimate of drug-likeness (QED) is 0.645. The predicted molar refractivity (Wildman–Crippen MR) is 73.9 cm³/mol. The number of nitrogens with one attached hydrogen (secondary N) is 1. The molecular weight excluding hydrogens is 296 g/mol. The molecule has 6 heteroatoms. The molecule has 3 N–H and O–H groups in total. The molecule has 18 heavy (non-hydrogen) atoms. The molecule has 2 heterocycles. The van der Waals surface area contributed by atoms with Crippen molar-refractivity contribution in [3.63, 3.8) is 0 Å². The van der Waals surface area contributed by atoms with E-state index in [0.717, 1.165) is 42.6 Å². The van der Waals surface area contributed by atoms with E-state index in [-0.39, 0.29) is 11.6 Å². The number of nitrogens with zero attached hydrogens (tertiary/aromatic N) is 2. The fourth-order valence-corrected chi connectivity index (χ4v) is 3.15. The van der Waals surface area contributed by atoms with E-state index in [1.807, 2.05) is 10.9 Å². The van der Waals surface area contributed by atoms with Gasteiger partial charge in [0.2, 0.25) is 0 Å². The van der Waals surface area contributed by atoms with Gasteiger partial charge in [0.15, 0.2) is 0 Å². The third-order valence-electron chi connectivity index (χ3n) is 3.57. The Bertz CT molecular complexity index is 401. The van der Waals surface area contributed by atoms with Gasteiger partial charge in [-0.25, -0.2) is 5.43 Å². The van der Waals surface area contributed by atoms with Gasteiger partial charge in [0.1, 0.15) is 0 Å². The monoisotopic (exact) mass is 316 g/mol. The Morgan fingerprint density at radius 3 is 3.06 bits per heavy atom. The average molecular weight is 317 g/mol. The van der Waals surface area contributed by atoms with Crippen LogP contribution in [-0.4, -0.2) is 22.0 Å². The number of hydrazine groups is 1. The van der Waals surface area contributed by atoms with E-state index in [4.69, 9.17) is 10.6 Å². The second-order valence-electron chi connectivity index (χ2n) is 4.97. The Kier molecular flexibility index (Phi) is 4.42. The lowest BCUT2D eigenvalue weighted by Crippen LogP contribution is -2.45. The van der Waals surface area contributed by atoms with Crippen molar-refractivity contribution in [3.8, 4) is 0 Å². The molecule has 0 aromatic carbocycles. The van der Waals surface area contributed by atoms with Crippen molar-refractivity contribution in [2.24, 2.45) is 5.84 Å². The number of aryl methyl sites for hydroxylation is 1. The molecule has 2 rings (SSSR count). The number of rotatable bonds is 5. The highest BCUT2D eigenvalue weighted by atomic mass is 79.9. The van der Waals surface area contributed by atoms with Gasteiger partial charge in [0, 0.05) is 13.2 Å². The van der Waals surface area contributed by atoms with Gasteiger partial charge in [-0.05, 0) is 42.1 Å². The van der Waals surface area contributed by atoms with Crippen molar-refractivity contribution in [1.29, 1.82) is 0 Å². The van der Waals surface area contributed by atoms with Crippen LogP contribution >= 0.6 is 15.9 Å². The molecule has 1 fully saturated rings. The van der Waals surface area contributed by atoms with Crippen molar-refractivity contribution in [2.45, 2.75) is 51.3 Å². The molecule has 1 saturated heterocycles. The minimum Gasteiger partial charge on any atom is -0.373 e. The van der Waals surface area contributed by atoms with Gasteiger partial charge in [-0.1, -0.05) is 6.92 Å². The SMILES string of the molecule is CCCn1ncc(Br)c1C(NN)C1(C)CCCO1. The van der Waals surface area contributed by atoms with Crippen LogP contribution in [0, 0.1) is 0 Å². The van der Waals surface area contributed by atoms with Crippen LogP contribution in [0.4, 0.5) is 0 Å². The minimum absolute atomic E-state index is 0.0524. The van der Waals surface area contributed by atoms with Crippen LogP contribution < -0.4 is 11.3 Å². The summed E-state index contributed by atoms with van der Waals surface area (Å²) in [7, 11) is 0. The van der Waals surface area contributed by atoms with Crippen LogP contribution in [0.1, 0.15) is 44.8 Å². The summed E-state index contributed by atoms with van der Waals surface area (Å²) >= 11 is 3.57. The van der Waals surface area contributed by atoms with Crippen LogP contribution in [0.25, 0.3) is 0 Å². The fraction of sp³-hybridized carbons (Fsp3) is 0.750. The highest BCUT2D eigenvalue weighted by molar-refractivity contribution is 9.10. The molecule has 0 amide bonds. The standard InChI is InChI=1S/C12H21BrN4O/c1-3-6-17-10(9(13)8-15-17)11(16-14)12(2)5-4-7-18-12/h8,11,16H,3-7,14H2,1-2H3. The van der Waals surface area contributed by atoms with Crippen LogP contribution in [0.5, 0.6) is 0 Å². The lowest BCUT2D eigenvalue weighted by atomic mass is 9.91. The van der Waals surface area contributed by atoms with Crippen LogP contribution in [-0.2, 0) is 11.3 Å². The lowest BCUT2D eigenvalue weighted by molar-refractivity contribution is -0.0151. The van der Waals surface area contributed by atoms with E-state index in [1.54, 1.807) is 0 Å². The molecule has 1 aromatic heterocycles. The third-order valence-corrected chi connectivity index (χ3v) is 4.18. The predicted octanol–water partition coefficient (Wildman–Crippen LogP) is 2.13. The van der Waals surface area contributed by atoms with E-state index < -0.39 is 0 Å². The number of aromatic nitrogens is 2. The zero-order valence-corrected chi connectivity index (χ0v) is 12.5. The number of nitrogens with two attached hydrogens (primary N) is 1. The summed E-state index contributed by atoms with van der Waals surface area (Å²) in [5.41, 5.74) is 3.72. The molecule has 0 aliphatic carbocycles. The highest BCUT2D eigenvalue weighted by Crippen LogP contribution is 2.39. The van der Waals surface area contributed by atoms with E-state index in [9.17, 15) is 0 Å². The van der Waals surface area contributed by atoms with Crippen molar-refractivity contribution >= 4 is 15.9 Å². The second-order valence-corrected chi connectivity index (χ2v) is 5.82. The van der Waals surface area contributed by atoms with Gasteiger partial charge in [-0.2, -0.15) is 5.10 Å². The van der Waals surface area contributed by atoms with E-state index in [2.05, 4.69) is 40.3 Å². The molecule has 0 spiro atoms. The summed E-state index contributed by atoms with van der Waals surface area (Å²) in [6, 6.07) is -0.0524. The normalized spacial score (nSPS) is 25.6. The first-order valence-corrected chi connectivity index (χ1v) is 7.23. The Hall–Kier alpha value is -0.430. The minimum atomic E-state index is -0.261. The van der Waals surface area contributed by atoms with Gasteiger partial charge in [-0.3, -0.25) is 10.5 Å². The maximum Gasteiger partial charge on any atom is 0.0927 e. The smallest absolute Gasteiger partial charge is 0.0927 e. The summed E-state index contributed by atoms with van der Waals surface area (Å²) < 4.78 is 8.88. The summed E-state index contributed by atoms with van der Waals surface area (Å²) in [5.74, 6) is 5.77. The molecule has 1 aromatic rings. The Morgan fingerprint density at radius 2 is 2.50 bits per heavy atom. The van der Waals surface area contributed by atoms with Crippen LogP contribution in [0.2, 0.25) is 0 Å². The second kappa shape index (κ2) is 5.69. The molecule has 5 nitrogen and oxygen atoms in total.